The van der Waals surface area contributed by atoms with Gasteiger partial charge in [0, 0.05) is 55.7 Å². The third-order valence-corrected chi connectivity index (χ3v) is 5.53. The van der Waals surface area contributed by atoms with Gasteiger partial charge in [-0.2, -0.15) is 5.10 Å². The van der Waals surface area contributed by atoms with Gasteiger partial charge in [-0.1, -0.05) is 0 Å². The smallest absolute Gasteiger partial charge is 0.0959 e. The standard InChI is InChI=1S/C16H22N4OS/c1-20-9-13(7-18-20)15-12(4-5-21-15)6-17-8-14-10-22-16(19-14)11-2-3-11/h7,9-12,15,17H,2-6,8H2,1H3/t12-,15+/m0/s1. The first-order valence-electron chi connectivity index (χ1n) is 8.05. The van der Waals surface area contributed by atoms with Gasteiger partial charge in [-0.3, -0.25) is 4.68 Å². The largest absolute Gasteiger partial charge is 0.373 e. The van der Waals surface area contributed by atoms with E-state index in [0.29, 0.717) is 5.92 Å². The summed E-state index contributed by atoms with van der Waals surface area (Å²) in [6, 6.07) is 0. The number of aromatic nitrogens is 3. The molecule has 0 bridgehead atoms. The molecule has 0 aromatic carbocycles. The van der Waals surface area contributed by atoms with E-state index in [-0.39, 0.29) is 6.10 Å². The number of nitrogens with zero attached hydrogens (tertiary/aromatic N) is 3. The van der Waals surface area contributed by atoms with Crippen LogP contribution in [0.3, 0.4) is 0 Å². The Labute approximate surface area is 134 Å². The number of rotatable bonds is 6. The average molecular weight is 318 g/mol. The Kier molecular flexibility index (Phi) is 3.98. The van der Waals surface area contributed by atoms with Crippen molar-refractivity contribution in [1.82, 2.24) is 20.1 Å². The molecule has 118 valence electrons. The Hall–Kier alpha value is -1.24. The average Bonchev–Trinajstić information content (AvgIpc) is 2.90. The molecule has 4 rings (SSSR count). The van der Waals surface area contributed by atoms with E-state index in [0.717, 1.165) is 32.0 Å². The van der Waals surface area contributed by atoms with Gasteiger partial charge in [0.1, 0.15) is 0 Å². The minimum Gasteiger partial charge on any atom is -0.373 e. The molecule has 0 spiro atoms. The molecule has 6 heteroatoms. The van der Waals surface area contributed by atoms with Crippen molar-refractivity contribution in [3.05, 3.63) is 34.0 Å². The van der Waals surface area contributed by atoms with Crippen LogP contribution in [0.4, 0.5) is 0 Å². The highest BCUT2D eigenvalue weighted by Gasteiger charge is 2.30. The van der Waals surface area contributed by atoms with Gasteiger partial charge in [0.05, 0.1) is 23.0 Å². The quantitative estimate of drug-likeness (QED) is 0.889. The van der Waals surface area contributed by atoms with E-state index in [1.807, 2.05) is 29.3 Å². The molecule has 5 nitrogen and oxygen atoms in total. The number of nitrogens with one attached hydrogen (secondary N) is 1. The molecule has 0 amide bonds. The molecule has 1 saturated carbocycles. The third kappa shape index (κ3) is 3.09. The minimum absolute atomic E-state index is 0.179. The van der Waals surface area contributed by atoms with Crippen LogP contribution in [0, 0.1) is 5.92 Å². The van der Waals surface area contributed by atoms with E-state index in [9.17, 15) is 0 Å². The maximum atomic E-state index is 5.90. The molecule has 2 atom stereocenters. The molecular formula is C16H22N4OS. The molecule has 2 aromatic rings. The van der Waals surface area contributed by atoms with Crippen LogP contribution in [0.1, 0.15) is 47.5 Å². The van der Waals surface area contributed by atoms with E-state index in [2.05, 4.69) is 22.0 Å². The molecular weight excluding hydrogens is 296 g/mol. The van der Waals surface area contributed by atoms with Crippen LogP contribution < -0.4 is 5.32 Å². The van der Waals surface area contributed by atoms with Crippen molar-refractivity contribution in [1.29, 1.82) is 0 Å². The zero-order valence-corrected chi connectivity index (χ0v) is 13.7. The molecule has 2 aliphatic rings. The molecule has 1 aliphatic heterocycles. The van der Waals surface area contributed by atoms with Gasteiger partial charge in [0.2, 0.25) is 0 Å². The highest BCUT2D eigenvalue weighted by molar-refractivity contribution is 7.09. The fraction of sp³-hybridized carbons (Fsp3) is 0.625. The van der Waals surface area contributed by atoms with Crippen LogP contribution in [0.25, 0.3) is 0 Å². The van der Waals surface area contributed by atoms with Gasteiger partial charge in [0.15, 0.2) is 0 Å². The van der Waals surface area contributed by atoms with Crippen LogP contribution in [0.15, 0.2) is 17.8 Å². The predicted molar refractivity (Wildman–Crippen MR) is 85.8 cm³/mol. The van der Waals surface area contributed by atoms with Gasteiger partial charge in [-0.15, -0.1) is 11.3 Å². The Morgan fingerprint density at radius 2 is 2.32 bits per heavy atom. The molecule has 1 aliphatic carbocycles. The Balaban J connectivity index is 1.30. The van der Waals surface area contributed by atoms with Crippen molar-refractivity contribution in [3.8, 4) is 0 Å². The third-order valence-electron chi connectivity index (χ3n) is 4.48. The Morgan fingerprint density at radius 1 is 1.41 bits per heavy atom. The van der Waals surface area contributed by atoms with Crippen LogP contribution in [0.5, 0.6) is 0 Å². The molecule has 1 N–H and O–H groups in total. The predicted octanol–water partition coefficient (Wildman–Crippen LogP) is 2.62. The van der Waals surface area contributed by atoms with Gasteiger partial charge in [-0.05, 0) is 19.3 Å². The lowest BCUT2D eigenvalue weighted by Gasteiger charge is -2.17. The molecule has 3 heterocycles. The lowest BCUT2D eigenvalue weighted by Crippen LogP contribution is -2.24. The highest BCUT2D eigenvalue weighted by atomic mass is 32.1. The molecule has 2 aromatic heterocycles. The monoisotopic (exact) mass is 318 g/mol. The summed E-state index contributed by atoms with van der Waals surface area (Å²) in [5.74, 6) is 1.28. The van der Waals surface area contributed by atoms with Crippen molar-refractivity contribution in [2.75, 3.05) is 13.2 Å². The lowest BCUT2D eigenvalue weighted by atomic mass is 9.97. The number of aryl methyl sites for hydroxylation is 1. The first-order chi connectivity index (χ1) is 10.8. The first kappa shape index (κ1) is 14.4. The van der Waals surface area contributed by atoms with E-state index >= 15 is 0 Å². The van der Waals surface area contributed by atoms with Crippen LogP contribution >= 0.6 is 11.3 Å². The van der Waals surface area contributed by atoms with Crippen molar-refractivity contribution in [3.63, 3.8) is 0 Å². The normalized spacial score (nSPS) is 25.0. The summed E-state index contributed by atoms with van der Waals surface area (Å²) < 4.78 is 7.75. The molecule has 2 fully saturated rings. The van der Waals surface area contributed by atoms with Crippen molar-refractivity contribution in [2.45, 2.75) is 37.8 Å². The van der Waals surface area contributed by atoms with Crippen LogP contribution in [0.2, 0.25) is 0 Å². The molecule has 0 unspecified atom stereocenters. The Morgan fingerprint density at radius 3 is 3.09 bits per heavy atom. The molecule has 22 heavy (non-hydrogen) atoms. The number of hydrogen-bond donors (Lipinski definition) is 1. The van der Waals surface area contributed by atoms with Gasteiger partial charge in [0.25, 0.3) is 0 Å². The first-order valence-corrected chi connectivity index (χ1v) is 8.93. The van der Waals surface area contributed by atoms with Crippen molar-refractivity contribution < 1.29 is 4.74 Å². The van der Waals surface area contributed by atoms with E-state index in [1.54, 1.807) is 0 Å². The molecule has 0 radical (unpaired) electrons. The second-order valence-corrected chi connectivity index (χ2v) is 7.26. The molecule has 1 saturated heterocycles. The summed E-state index contributed by atoms with van der Waals surface area (Å²) in [5, 5.41) is 11.3. The summed E-state index contributed by atoms with van der Waals surface area (Å²) in [7, 11) is 1.95. The SMILES string of the molecule is Cn1cc([C@@H]2OCC[C@H]2CNCc2csc(C3CC3)n2)cn1. The summed E-state index contributed by atoms with van der Waals surface area (Å²) in [6.45, 7) is 2.67. The van der Waals surface area contributed by atoms with Gasteiger partial charge >= 0.3 is 0 Å². The summed E-state index contributed by atoms with van der Waals surface area (Å²) in [4.78, 5) is 4.73. The number of ether oxygens (including phenoxy) is 1. The zero-order valence-electron chi connectivity index (χ0n) is 12.9. The fourth-order valence-corrected chi connectivity index (χ4v) is 4.10. The second kappa shape index (κ2) is 6.10. The van der Waals surface area contributed by atoms with Crippen LogP contribution in [-0.2, 0) is 18.3 Å². The van der Waals surface area contributed by atoms with Crippen molar-refractivity contribution >= 4 is 11.3 Å². The minimum atomic E-state index is 0.179. The van der Waals surface area contributed by atoms with Gasteiger partial charge in [-0.25, -0.2) is 4.98 Å². The number of thiazole rings is 1. The summed E-state index contributed by atoms with van der Waals surface area (Å²) in [5.41, 5.74) is 2.38. The van der Waals surface area contributed by atoms with Gasteiger partial charge < -0.3 is 10.1 Å². The fourth-order valence-electron chi connectivity index (χ4n) is 3.11. The maximum Gasteiger partial charge on any atom is 0.0959 e. The van der Waals surface area contributed by atoms with E-state index in [4.69, 9.17) is 9.72 Å². The second-order valence-electron chi connectivity index (χ2n) is 6.37. The maximum absolute atomic E-state index is 5.90. The van der Waals surface area contributed by atoms with E-state index < -0.39 is 0 Å². The highest BCUT2D eigenvalue weighted by Crippen LogP contribution is 2.41. The van der Waals surface area contributed by atoms with Crippen molar-refractivity contribution in [2.24, 2.45) is 13.0 Å². The number of hydrogen-bond acceptors (Lipinski definition) is 5. The summed E-state index contributed by atoms with van der Waals surface area (Å²) in [6.07, 6.45) is 7.92. The van der Waals surface area contributed by atoms with Crippen LogP contribution in [-0.4, -0.2) is 27.9 Å². The zero-order chi connectivity index (χ0) is 14.9. The Bertz CT molecular complexity index is 634. The lowest BCUT2D eigenvalue weighted by molar-refractivity contribution is 0.0904. The van der Waals surface area contributed by atoms with E-state index in [1.165, 1.54) is 29.1 Å². The summed E-state index contributed by atoms with van der Waals surface area (Å²) >= 11 is 1.82. The topological polar surface area (TPSA) is 52.0 Å².